The lowest BCUT2D eigenvalue weighted by molar-refractivity contribution is -0.894. The lowest BCUT2D eigenvalue weighted by Gasteiger charge is -2.33. The van der Waals surface area contributed by atoms with Crippen LogP contribution in [0.3, 0.4) is 0 Å². The maximum Gasteiger partial charge on any atom is 0.306 e. The van der Waals surface area contributed by atoms with Gasteiger partial charge in [0, 0.05) is 6.54 Å². The molecule has 0 aliphatic heterocycles. The number of nitrogens with one attached hydrogen (secondary N) is 1. The van der Waals surface area contributed by atoms with E-state index in [4.69, 9.17) is 9.47 Å². The van der Waals surface area contributed by atoms with Crippen molar-refractivity contribution in [2.75, 3.05) is 66.7 Å². The molecule has 0 bridgehead atoms. The molecule has 0 aliphatic carbocycles. The van der Waals surface area contributed by atoms with Gasteiger partial charge in [0.05, 0.1) is 46.4 Å². The number of rotatable bonds is 21. The number of quaternary nitrogens is 1. The molecule has 39 heavy (non-hydrogen) atoms. The van der Waals surface area contributed by atoms with Crippen LogP contribution in [-0.2, 0) is 14.3 Å². The van der Waals surface area contributed by atoms with E-state index in [0.717, 1.165) is 30.5 Å². The fourth-order valence-electron chi connectivity index (χ4n) is 5.43. The van der Waals surface area contributed by atoms with Crippen LogP contribution in [0.5, 0.6) is 0 Å². The zero-order chi connectivity index (χ0) is 29.5. The van der Waals surface area contributed by atoms with Crippen molar-refractivity contribution in [3.8, 4) is 0 Å². The first-order chi connectivity index (χ1) is 18.1. The van der Waals surface area contributed by atoms with Gasteiger partial charge >= 0.3 is 5.97 Å². The van der Waals surface area contributed by atoms with Gasteiger partial charge in [-0.25, -0.2) is 0 Å². The summed E-state index contributed by atoms with van der Waals surface area (Å²) in [6.45, 7) is 20.3. The van der Waals surface area contributed by atoms with E-state index in [0.29, 0.717) is 63.4 Å². The number of allylic oxidation sites excluding steroid dienone is 1. The van der Waals surface area contributed by atoms with Crippen molar-refractivity contribution in [1.29, 1.82) is 0 Å². The summed E-state index contributed by atoms with van der Waals surface area (Å²) in [7, 11) is 4.19. The molecule has 1 aromatic carbocycles. The van der Waals surface area contributed by atoms with Gasteiger partial charge < -0.3 is 29.5 Å². The second-order valence-electron chi connectivity index (χ2n) is 13.6. The predicted molar refractivity (Wildman–Crippen MR) is 160 cm³/mol. The van der Waals surface area contributed by atoms with Crippen molar-refractivity contribution in [1.82, 2.24) is 5.32 Å². The van der Waals surface area contributed by atoms with Crippen LogP contribution in [0.25, 0.3) is 0 Å². The van der Waals surface area contributed by atoms with Gasteiger partial charge in [-0.05, 0) is 48.6 Å². The lowest BCUT2D eigenvalue weighted by atomic mass is 9.72. The van der Waals surface area contributed by atoms with Crippen LogP contribution in [0.15, 0.2) is 42.5 Å². The standard InChI is InChI=1S/C32H56N2O5/c1-26(23-32(5,6)25-31(2,3)4)22-28(30(36)37)14-15-33-16-18-38-20-21-39-19-17-34(7,8)24-29(35)27-12-10-9-11-13-27/h9-13,28-29,33,35H,1,14-25H2,2-8H3/p+1. The van der Waals surface area contributed by atoms with Gasteiger partial charge in [0.15, 0.2) is 0 Å². The zero-order valence-corrected chi connectivity index (χ0v) is 25.8. The Kier molecular flexibility index (Phi) is 15.5. The summed E-state index contributed by atoms with van der Waals surface area (Å²) in [6.07, 6.45) is 2.53. The molecule has 2 unspecified atom stereocenters. The first-order valence-electron chi connectivity index (χ1n) is 14.4. The van der Waals surface area contributed by atoms with E-state index in [9.17, 15) is 15.0 Å². The second kappa shape index (κ2) is 17.1. The summed E-state index contributed by atoms with van der Waals surface area (Å²) in [5.41, 5.74) is 2.30. The molecule has 0 aromatic heterocycles. The van der Waals surface area contributed by atoms with Crippen LogP contribution in [0.1, 0.15) is 72.0 Å². The number of hydrogen-bond donors (Lipinski definition) is 3. The fraction of sp³-hybridized carbons (Fsp3) is 0.719. The Balaban J connectivity index is 2.13. The van der Waals surface area contributed by atoms with Crippen molar-refractivity contribution in [2.24, 2.45) is 16.7 Å². The molecular weight excluding hydrogens is 492 g/mol. The highest BCUT2D eigenvalue weighted by Crippen LogP contribution is 2.38. The SMILES string of the molecule is C=C(CC(CCNCCOCCOCC[N+](C)(C)CC(O)c1ccccc1)C(=O)O)CC(C)(C)CC(C)(C)C. The third-order valence-electron chi connectivity index (χ3n) is 6.78. The average Bonchev–Trinajstić information content (AvgIpc) is 2.79. The van der Waals surface area contributed by atoms with Crippen molar-refractivity contribution in [3.05, 3.63) is 48.0 Å². The fourth-order valence-corrected chi connectivity index (χ4v) is 5.43. The summed E-state index contributed by atoms with van der Waals surface area (Å²) in [4.78, 5) is 11.8. The van der Waals surface area contributed by atoms with Crippen molar-refractivity contribution >= 4 is 5.97 Å². The summed E-state index contributed by atoms with van der Waals surface area (Å²) >= 11 is 0. The third kappa shape index (κ3) is 17.5. The molecule has 7 heteroatoms. The smallest absolute Gasteiger partial charge is 0.306 e. The summed E-state index contributed by atoms with van der Waals surface area (Å²) in [5, 5.41) is 23.4. The number of ether oxygens (including phenoxy) is 2. The van der Waals surface area contributed by atoms with Crippen molar-refractivity contribution < 1.29 is 29.0 Å². The molecule has 0 saturated carbocycles. The molecule has 0 saturated heterocycles. The van der Waals surface area contributed by atoms with Gasteiger partial charge in [0.1, 0.15) is 19.2 Å². The van der Waals surface area contributed by atoms with Gasteiger partial charge in [-0.3, -0.25) is 4.79 Å². The molecule has 1 aromatic rings. The van der Waals surface area contributed by atoms with E-state index in [-0.39, 0.29) is 10.8 Å². The van der Waals surface area contributed by atoms with Crippen LogP contribution in [0.2, 0.25) is 0 Å². The van der Waals surface area contributed by atoms with Crippen LogP contribution in [0, 0.1) is 16.7 Å². The number of aliphatic hydroxyl groups is 1. The average molecular weight is 550 g/mol. The number of aliphatic hydroxyl groups excluding tert-OH is 1. The summed E-state index contributed by atoms with van der Waals surface area (Å²) in [5.74, 6) is -1.17. The second-order valence-corrected chi connectivity index (χ2v) is 13.6. The minimum absolute atomic E-state index is 0.109. The molecule has 7 nitrogen and oxygen atoms in total. The number of carboxylic acids is 1. The molecule has 1 rings (SSSR count). The molecule has 0 spiro atoms. The maximum atomic E-state index is 11.8. The molecule has 2 atom stereocenters. The van der Waals surface area contributed by atoms with Gasteiger partial charge in [0.2, 0.25) is 0 Å². The minimum atomic E-state index is -0.753. The Labute approximate surface area is 238 Å². The summed E-state index contributed by atoms with van der Waals surface area (Å²) in [6, 6.07) is 9.74. The molecule has 3 N–H and O–H groups in total. The van der Waals surface area contributed by atoms with Gasteiger partial charge in [-0.2, -0.15) is 0 Å². The van der Waals surface area contributed by atoms with E-state index in [1.54, 1.807) is 0 Å². The quantitative estimate of drug-likeness (QED) is 0.109. The number of nitrogens with zero attached hydrogens (tertiary/aromatic N) is 1. The first kappa shape index (κ1) is 35.3. The van der Waals surface area contributed by atoms with E-state index < -0.39 is 18.0 Å². The van der Waals surface area contributed by atoms with Crippen molar-refractivity contribution in [3.63, 3.8) is 0 Å². The number of carboxylic acid groups (broad SMARTS) is 1. The minimum Gasteiger partial charge on any atom is -0.481 e. The topological polar surface area (TPSA) is 88.0 Å². The van der Waals surface area contributed by atoms with Crippen molar-refractivity contribution in [2.45, 2.75) is 66.4 Å². The molecule has 0 heterocycles. The Morgan fingerprint density at radius 2 is 1.62 bits per heavy atom. The highest BCUT2D eigenvalue weighted by Gasteiger charge is 2.28. The molecule has 0 amide bonds. The van der Waals surface area contributed by atoms with E-state index >= 15 is 0 Å². The highest BCUT2D eigenvalue weighted by molar-refractivity contribution is 5.70. The van der Waals surface area contributed by atoms with Gasteiger partial charge in [-0.1, -0.05) is 77.1 Å². The van der Waals surface area contributed by atoms with E-state index in [1.807, 2.05) is 30.3 Å². The normalized spacial score (nSPS) is 14.3. The van der Waals surface area contributed by atoms with E-state index in [2.05, 4.69) is 60.6 Å². The number of hydrogen-bond acceptors (Lipinski definition) is 5. The molecule has 0 fully saturated rings. The van der Waals surface area contributed by atoms with Gasteiger partial charge in [-0.15, -0.1) is 0 Å². The molecule has 0 aliphatic rings. The molecule has 224 valence electrons. The maximum absolute atomic E-state index is 11.8. The zero-order valence-electron chi connectivity index (χ0n) is 25.8. The Hall–Kier alpha value is -1.77. The third-order valence-corrected chi connectivity index (χ3v) is 6.78. The van der Waals surface area contributed by atoms with Crippen LogP contribution >= 0.6 is 0 Å². The molecular formula is C32H57N2O5+. The Morgan fingerprint density at radius 3 is 2.21 bits per heavy atom. The van der Waals surface area contributed by atoms with Crippen LogP contribution in [0.4, 0.5) is 0 Å². The number of carbonyl (C=O) groups is 1. The Bertz CT molecular complexity index is 833. The summed E-state index contributed by atoms with van der Waals surface area (Å²) < 4.78 is 12.0. The first-order valence-corrected chi connectivity index (χ1v) is 14.4. The number of aliphatic carboxylic acids is 1. The lowest BCUT2D eigenvalue weighted by Crippen LogP contribution is -2.45. The monoisotopic (exact) mass is 549 g/mol. The van der Waals surface area contributed by atoms with Gasteiger partial charge in [0.25, 0.3) is 0 Å². The van der Waals surface area contributed by atoms with Crippen LogP contribution < -0.4 is 5.32 Å². The largest absolute Gasteiger partial charge is 0.481 e. The number of benzene rings is 1. The molecule has 0 radical (unpaired) electrons. The van der Waals surface area contributed by atoms with E-state index in [1.165, 1.54) is 0 Å². The van der Waals surface area contributed by atoms with Crippen LogP contribution in [-0.4, -0.2) is 87.4 Å². The highest BCUT2D eigenvalue weighted by atomic mass is 16.5. The predicted octanol–water partition coefficient (Wildman–Crippen LogP) is 5.31. The number of likely N-dealkylation sites (N-methyl/N-ethyl adjacent to an activating group) is 1. The Morgan fingerprint density at radius 1 is 1.00 bits per heavy atom.